The SMILES string of the molecule is COC(=O)C1=C(O)CC=C(C)C1. The molecule has 0 heterocycles. The highest BCUT2D eigenvalue weighted by molar-refractivity contribution is 5.89. The maximum absolute atomic E-state index is 11.1. The molecule has 0 spiro atoms. The van der Waals surface area contributed by atoms with Crippen LogP contribution in [0.5, 0.6) is 0 Å². The number of rotatable bonds is 1. The van der Waals surface area contributed by atoms with Gasteiger partial charge in [0.15, 0.2) is 0 Å². The Morgan fingerprint density at radius 2 is 2.33 bits per heavy atom. The van der Waals surface area contributed by atoms with Crippen LogP contribution in [-0.2, 0) is 9.53 Å². The van der Waals surface area contributed by atoms with Crippen LogP contribution in [0.2, 0.25) is 0 Å². The van der Waals surface area contributed by atoms with Gasteiger partial charge in [-0.3, -0.25) is 0 Å². The minimum atomic E-state index is -0.431. The van der Waals surface area contributed by atoms with Gasteiger partial charge in [-0.15, -0.1) is 0 Å². The minimum Gasteiger partial charge on any atom is -0.511 e. The Morgan fingerprint density at radius 3 is 2.92 bits per heavy atom. The Bertz CT molecular complexity index is 261. The van der Waals surface area contributed by atoms with Crippen LogP contribution in [0.25, 0.3) is 0 Å². The van der Waals surface area contributed by atoms with Gasteiger partial charge in [-0.2, -0.15) is 0 Å². The highest BCUT2D eigenvalue weighted by Gasteiger charge is 2.18. The number of allylic oxidation sites excluding steroid dienone is 2. The third-order valence-electron chi connectivity index (χ3n) is 1.88. The molecule has 0 saturated heterocycles. The smallest absolute Gasteiger partial charge is 0.337 e. The number of carbonyl (C=O) groups excluding carboxylic acids is 1. The van der Waals surface area contributed by atoms with E-state index in [1.165, 1.54) is 7.11 Å². The second-order valence-corrected chi connectivity index (χ2v) is 2.85. The summed E-state index contributed by atoms with van der Waals surface area (Å²) in [6.45, 7) is 1.93. The number of aliphatic hydroxyl groups is 1. The highest BCUT2D eigenvalue weighted by Crippen LogP contribution is 2.23. The van der Waals surface area contributed by atoms with Crippen molar-refractivity contribution in [1.82, 2.24) is 0 Å². The highest BCUT2D eigenvalue weighted by atomic mass is 16.5. The van der Waals surface area contributed by atoms with Gasteiger partial charge in [0.05, 0.1) is 12.7 Å². The van der Waals surface area contributed by atoms with Crippen LogP contribution >= 0.6 is 0 Å². The summed E-state index contributed by atoms with van der Waals surface area (Å²) in [6.07, 6.45) is 2.84. The van der Waals surface area contributed by atoms with Crippen LogP contribution in [0.3, 0.4) is 0 Å². The third kappa shape index (κ3) is 1.67. The van der Waals surface area contributed by atoms with E-state index in [4.69, 9.17) is 0 Å². The molecule has 1 N–H and O–H groups in total. The Hall–Kier alpha value is -1.25. The van der Waals surface area contributed by atoms with Gasteiger partial charge in [-0.1, -0.05) is 11.6 Å². The summed E-state index contributed by atoms with van der Waals surface area (Å²) in [5.74, 6) is -0.299. The van der Waals surface area contributed by atoms with Crippen molar-refractivity contribution in [3.05, 3.63) is 23.0 Å². The van der Waals surface area contributed by atoms with Crippen molar-refractivity contribution in [3.63, 3.8) is 0 Å². The van der Waals surface area contributed by atoms with Gasteiger partial charge < -0.3 is 9.84 Å². The first-order chi connectivity index (χ1) is 5.65. The van der Waals surface area contributed by atoms with Gasteiger partial charge in [0.2, 0.25) is 0 Å². The van der Waals surface area contributed by atoms with E-state index in [1.807, 2.05) is 13.0 Å². The number of hydrogen-bond acceptors (Lipinski definition) is 3. The summed E-state index contributed by atoms with van der Waals surface area (Å²) in [4.78, 5) is 11.1. The standard InChI is InChI=1S/C9H12O3/c1-6-3-4-8(10)7(5-6)9(11)12-2/h3,10H,4-5H2,1-2H3. The molecule has 3 nitrogen and oxygen atoms in total. The molecular formula is C9H12O3. The van der Waals surface area contributed by atoms with E-state index in [9.17, 15) is 9.90 Å². The number of ether oxygens (including phenoxy) is 1. The molecule has 0 aromatic carbocycles. The Labute approximate surface area is 71.3 Å². The van der Waals surface area contributed by atoms with Crippen LogP contribution < -0.4 is 0 Å². The normalized spacial score (nSPS) is 17.3. The van der Waals surface area contributed by atoms with Gasteiger partial charge in [0, 0.05) is 12.8 Å². The fourth-order valence-corrected chi connectivity index (χ4v) is 1.16. The first-order valence-corrected chi connectivity index (χ1v) is 3.80. The van der Waals surface area contributed by atoms with Crippen LogP contribution in [0.4, 0.5) is 0 Å². The zero-order valence-electron chi connectivity index (χ0n) is 7.26. The van der Waals surface area contributed by atoms with Crippen molar-refractivity contribution < 1.29 is 14.6 Å². The number of esters is 1. The lowest BCUT2D eigenvalue weighted by atomic mass is 9.98. The quantitative estimate of drug-likeness (QED) is 0.479. The number of methoxy groups -OCH3 is 1. The van der Waals surface area contributed by atoms with Gasteiger partial charge in [-0.25, -0.2) is 4.79 Å². The molecule has 0 aromatic rings. The predicted molar refractivity (Wildman–Crippen MR) is 44.7 cm³/mol. The van der Waals surface area contributed by atoms with Gasteiger partial charge >= 0.3 is 5.97 Å². The maximum atomic E-state index is 11.1. The van der Waals surface area contributed by atoms with Crippen LogP contribution in [0.1, 0.15) is 19.8 Å². The summed E-state index contributed by atoms with van der Waals surface area (Å²) in [6, 6.07) is 0. The lowest BCUT2D eigenvalue weighted by Gasteiger charge is -2.12. The van der Waals surface area contributed by atoms with Crippen LogP contribution in [0, 0.1) is 0 Å². The first-order valence-electron chi connectivity index (χ1n) is 3.80. The summed E-state index contributed by atoms with van der Waals surface area (Å²) in [5.41, 5.74) is 1.48. The van der Waals surface area contributed by atoms with E-state index in [1.54, 1.807) is 0 Å². The topological polar surface area (TPSA) is 46.5 Å². The molecule has 1 aliphatic carbocycles. The lowest BCUT2D eigenvalue weighted by molar-refractivity contribution is -0.136. The summed E-state index contributed by atoms with van der Waals surface area (Å²) >= 11 is 0. The number of carbonyl (C=O) groups is 1. The van der Waals surface area contributed by atoms with Crippen molar-refractivity contribution in [1.29, 1.82) is 0 Å². The summed E-state index contributed by atoms with van der Waals surface area (Å²) in [5, 5.41) is 9.32. The second kappa shape index (κ2) is 3.43. The third-order valence-corrected chi connectivity index (χ3v) is 1.88. The molecule has 1 rings (SSSR count). The van der Waals surface area contributed by atoms with Gasteiger partial charge in [-0.05, 0) is 6.92 Å². The fraction of sp³-hybridized carbons (Fsp3) is 0.444. The maximum Gasteiger partial charge on any atom is 0.337 e. The molecule has 0 aromatic heterocycles. The van der Waals surface area contributed by atoms with Gasteiger partial charge in [0.25, 0.3) is 0 Å². The van der Waals surface area contributed by atoms with Crippen molar-refractivity contribution in [2.45, 2.75) is 19.8 Å². The molecular weight excluding hydrogens is 156 g/mol. The molecule has 0 fully saturated rings. The zero-order valence-corrected chi connectivity index (χ0v) is 7.26. The molecule has 0 bridgehead atoms. The minimum absolute atomic E-state index is 0.132. The molecule has 3 heteroatoms. The van der Waals surface area contributed by atoms with Crippen LogP contribution in [0.15, 0.2) is 23.0 Å². The summed E-state index contributed by atoms with van der Waals surface area (Å²) in [7, 11) is 1.32. The molecule has 1 aliphatic rings. The van der Waals surface area contributed by atoms with E-state index in [0.29, 0.717) is 18.4 Å². The van der Waals surface area contributed by atoms with Crippen molar-refractivity contribution in [3.8, 4) is 0 Å². The van der Waals surface area contributed by atoms with Crippen molar-refractivity contribution >= 4 is 5.97 Å². The molecule has 0 aliphatic heterocycles. The molecule has 0 atom stereocenters. The Balaban J connectivity index is 2.81. The van der Waals surface area contributed by atoms with E-state index in [-0.39, 0.29) is 5.76 Å². The van der Waals surface area contributed by atoms with E-state index in [2.05, 4.69) is 4.74 Å². The van der Waals surface area contributed by atoms with E-state index < -0.39 is 5.97 Å². The number of aliphatic hydroxyl groups excluding tert-OH is 1. The molecule has 12 heavy (non-hydrogen) atoms. The van der Waals surface area contributed by atoms with E-state index in [0.717, 1.165) is 5.57 Å². The fourth-order valence-electron chi connectivity index (χ4n) is 1.16. The van der Waals surface area contributed by atoms with Crippen molar-refractivity contribution in [2.75, 3.05) is 7.11 Å². The molecule has 0 radical (unpaired) electrons. The largest absolute Gasteiger partial charge is 0.511 e. The van der Waals surface area contributed by atoms with Crippen LogP contribution in [-0.4, -0.2) is 18.2 Å². The monoisotopic (exact) mass is 168 g/mol. The number of hydrogen-bond donors (Lipinski definition) is 1. The Morgan fingerprint density at radius 1 is 1.67 bits per heavy atom. The van der Waals surface area contributed by atoms with Gasteiger partial charge in [0.1, 0.15) is 5.76 Å². The van der Waals surface area contributed by atoms with E-state index >= 15 is 0 Å². The molecule has 66 valence electrons. The zero-order chi connectivity index (χ0) is 9.14. The average molecular weight is 168 g/mol. The Kier molecular flexibility index (Phi) is 2.53. The summed E-state index contributed by atoms with van der Waals surface area (Å²) < 4.78 is 4.52. The second-order valence-electron chi connectivity index (χ2n) is 2.85. The first kappa shape index (κ1) is 8.84. The average Bonchev–Trinajstić information content (AvgIpc) is 2.08. The predicted octanol–water partition coefficient (Wildman–Crippen LogP) is 1.71. The molecule has 0 amide bonds. The molecule has 0 saturated carbocycles. The lowest BCUT2D eigenvalue weighted by Crippen LogP contribution is -2.10. The molecule has 0 unspecified atom stereocenters. The van der Waals surface area contributed by atoms with Crippen molar-refractivity contribution in [2.24, 2.45) is 0 Å².